The summed E-state index contributed by atoms with van der Waals surface area (Å²) in [6, 6.07) is 16.8. The van der Waals surface area contributed by atoms with Gasteiger partial charge in [-0.05, 0) is 47.7 Å². The molecule has 1 aliphatic heterocycles. The van der Waals surface area contributed by atoms with Crippen LogP contribution < -0.4 is 10.6 Å². The number of carbonyl (C=O) groups excluding carboxylic acids is 1. The number of amides is 1. The van der Waals surface area contributed by atoms with Crippen LogP contribution in [0.5, 0.6) is 0 Å². The third-order valence-corrected chi connectivity index (χ3v) is 11.1. The van der Waals surface area contributed by atoms with Crippen molar-refractivity contribution in [3.05, 3.63) is 89.2 Å². The summed E-state index contributed by atoms with van der Waals surface area (Å²) in [4.78, 5) is 17.2. The summed E-state index contributed by atoms with van der Waals surface area (Å²) in [5.41, 5.74) is 3.82. The number of hydrogen-bond acceptors (Lipinski definition) is 6. The predicted molar refractivity (Wildman–Crippen MR) is 164 cm³/mol. The topological polar surface area (TPSA) is 117 Å². The molecule has 1 saturated carbocycles. The van der Waals surface area contributed by atoms with Gasteiger partial charge < -0.3 is 10.6 Å². The minimum Gasteiger partial charge on any atom is -0.348 e. The number of benzene rings is 2. The summed E-state index contributed by atoms with van der Waals surface area (Å²) in [5.74, 6) is -0.253. The smallest absolute Gasteiger partial charge is 0.253 e. The molecule has 1 spiro atoms. The van der Waals surface area contributed by atoms with Crippen molar-refractivity contribution >= 4 is 26.8 Å². The van der Waals surface area contributed by atoms with Crippen molar-refractivity contribution in [2.45, 2.75) is 86.4 Å². The van der Waals surface area contributed by atoms with E-state index in [-0.39, 0.29) is 18.0 Å². The van der Waals surface area contributed by atoms with Gasteiger partial charge >= 0.3 is 0 Å². The van der Waals surface area contributed by atoms with Gasteiger partial charge in [-0.3, -0.25) is 9.89 Å². The number of nitrogens with one attached hydrogen (secondary N) is 3. The van der Waals surface area contributed by atoms with Crippen molar-refractivity contribution in [1.29, 1.82) is 0 Å². The van der Waals surface area contributed by atoms with Crippen molar-refractivity contribution in [3.8, 4) is 0 Å². The molecule has 42 heavy (non-hydrogen) atoms. The van der Waals surface area contributed by atoms with Gasteiger partial charge in [-0.1, -0.05) is 87.8 Å². The van der Waals surface area contributed by atoms with Crippen LogP contribution in [-0.2, 0) is 21.9 Å². The first-order valence-corrected chi connectivity index (χ1v) is 16.8. The van der Waals surface area contributed by atoms with E-state index >= 15 is 0 Å². The largest absolute Gasteiger partial charge is 0.348 e. The number of H-pyrrole nitrogens is 1. The van der Waals surface area contributed by atoms with E-state index < -0.39 is 15.1 Å². The van der Waals surface area contributed by atoms with Gasteiger partial charge in [0.1, 0.15) is 5.25 Å². The molecule has 1 aliphatic carbocycles. The number of nitrogens with zero attached hydrogens (tertiary/aromatic N) is 2. The number of fused-ring (bicyclic) bond motifs is 3. The number of carbonyl (C=O) groups is 1. The minimum absolute atomic E-state index is 0.160. The summed E-state index contributed by atoms with van der Waals surface area (Å²) >= 11 is 0. The summed E-state index contributed by atoms with van der Waals surface area (Å²) in [6.45, 7) is 0.686. The molecule has 6 rings (SSSR count). The molecule has 1 unspecified atom stereocenters. The Morgan fingerprint density at radius 2 is 1.60 bits per heavy atom. The third-order valence-electron chi connectivity index (χ3n) is 9.04. The van der Waals surface area contributed by atoms with E-state index in [1.54, 1.807) is 36.5 Å². The van der Waals surface area contributed by atoms with Gasteiger partial charge in [0.05, 0.1) is 16.7 Å². The Labute approximate surface area is 247 Å². The fourth-order valence-electron chi connectivity index (χ4n) is 6.68. The van der Waals surface area contributed by atoms with E-state index in [2.05, 4.69) is 37.9 Å². The van der Waals surface area contributed by atoms with Crippen LogP contribution in [0.2, 0.25) is 0 Å². The summed E-state index contributed by atoms with van der Waals surface area (Å²) in [6.07, 6.45) is 15.2. The predicted octanol–water partition coefficient (Wildman–Crippen LogP) is 6.12. The lowest BCUT2D eigenvalue weighted by molar-refractivity contribution is 0.0950. The zero-order chi connectivity index (χ0) is 29.0. The highest BCUT2D eigenvalue weighted by atomic mass is 32.2. The van der Waals surface area contributed by atoms with E-state index in [9.17, 15) is 13.2 Å². The molecule has 2 aromatic carbocycles. The second kappa shape index (κ2) is 12.4. The fourth-order valence-corrected chi connectivity index (χ4v) is 8.36. The molecule has 1 fully saturated rings. The summed E-state index contributed by atoms with van der Waals surface area (Å²) in [7, 11) is -3.64. The zero-order valence-electron chi connectivity index (χ0n) is 23.9. The van der Waals surface area contributed by atoms with Crippen molar-refractivity contribution in [1.82, 2.24) is 25.8 Å². The molecule has 3 N–H and O–H groups in total. The normalized spacial score (nSPS) is 19.6. The number of rotatable bonds is 5. The van der Waals surface area contributed by atoms with Crippen molar-refractivity contribution in [2.75, 3.05) is 6.54 Å². The van der Waals surface area contributed by atoms with Crippen LogP contribution >= 0.6 is 0 Å². The van der Waals surface area contributed by atoms with Crippen LogP contribution in [0.1, 0.15) is 96.5 Å². The highest BCUT2D eigenvalue weighted by Crippen LogP contribution is 2.44. The highest BCUT2D eigenvalue weighted by Gasteiger charge is 2.43. The van der Waals surface area contributed by atoms with Gasteiger partial charge in [-0.25, -0.2) is 13.4 Å². The van der Waals surface area contributed by atoms with Crippen LogP contribution in [0.15, 0.2) is 71.9 Å². The molecule has 4 aromatic rings. The maximum Gasteiger partial charge on any atom is 0.253 e. The molecular formula is C33H39N5O3S. The van der Waals surface area contributed by atoms with E-state index in [0.717, 1.165) is 47.8 Å². The first-order chi connectivity index (χ1) is 20.5. The molecule has 0 bridgehead atoms. The number of aromatic amines is 1. The molecule has 8 nitrogen and oxygen atoms in total. The Hall–Kier alpha value is -3.56. The van der Waals surface area contributed by atoms with Crippen LogP contribution in [0.25, 0.3) is 11.0 Å². The van der Waals surface area contributed by atoms with E-state index in [1.165, 1.54) is 44.7 Å². The first-order valence-electron chi connectivity index (χ1n) is 15.2. The molecule has 2 aliphatic rings. The van der Waals surface area contributed by atoms with Crippen LogP contribution in [0.3, 0.4) is 0 Å². The third kappa shape index (κ3) is 5.85. The van der Waals surface area contributed by atoms with Crippen molar-refractivity contribution in [2.24, 2.45) is 0 Å². The maximum atomic E-state index is 14.0. The number of aromatic nitrogens is 3. The lowest BCUT2D eigenvalue weighted by Crippen LogP contribution is -2.50. The van der Waals surface area contributed by atoms with E-state index in [0.29, 0.717) is 22.7 Å². The molecule has 3 heterocycles. The number of sulfone groups is 1. The molecule has 1 amide bonds. The molecule has 220 valence electrons. The number of hydrogen-bond donors (Lipinski definition) is 3. The molecule has 9 heteroatoms. The molecular weight excluding hydrogens is 546 g/mol. The Morgan fingerprint density at radius 1 is 0.905 bits per heavy atom. The minimum atomic E-state index is -3.64. The van der Waals surface area contributed by atoms with Gasteiger partial charge in [0.25, 0.3) is 5.91 Å². The standard InChI is InChI=1S/C33H39N5O3S/c39-32(26-19-25-22-37-38-31(25)34-21-26)35-20-24-13-15-27(16-14-24)42(40,41)30-23-36-33(29-12-8-7-11-28(29)30)17-9-5-3-1-2-4-6-10-18-33/h7-8,11-16,19,21-22,30,36H,1-6,9-10,17-18,20,23H2,(H,35,39)(H,34,37,38). The maximum absolute atomic E-state index is 14.0. The molecule has 1 atom stereocenters. The monoisotopic (exact) mass is 585 g/mol. The van der Waals surface area contributed by atoms with E-state index in [1.807, 2.05) is 12.1 Å². The van der Waals surface area contributed by atoms with Crippen LogP contribution in [-0.4, -0.2) is 36.1 Å². The van der Waals surface area contributed by atoms with Crippen molar-refractivity contribution in [3.63, 3.8) is 0 Å². The van der Waals surface area contributed by atoms with Crippen molar-refractivity contribution < 1.29 is 13.2 Å². The average Bonchev–Trinajstić information content (AvgIpc) is 3.47. The Bertz CT molecular complexity index is 1640. The molecule has 0 radical (unpaired) electrons. The SMILES string of the molecule is O=C(NCc1ccc(S(=O)(=O)C2CNC3(CCCCCCCCCC3)c3ccccc32)cc1)c1cnc2[nH]ncc2c1. The van der Waals surface area contributed by atoms with Gasteiger partial charge in [-0.15, -0.1) is 0 Å². The van der Waals surface area contributed by atoms with Gasteiger partial charge in [0.15, 0.2) is 15.5 Å². The van der Waals surface area contributed by atoms with Crippen LogP contribution in [0.4, 0.5) is 0 Å². The van der Waals surface area contributed by atoms with Gasteiger partial charge in [0.2, 0.25) is 0 Å². The molecule has 0 saturated heterocycles. The zero-order valence-corrected chi connectivity index (χ0v) is 24.8. The first kappa shape index (κ1) is 28.6. The number of pyridine rings is 1. The van der Waals surface area contributed by atoms with Crippen LogP contribution in [0, 0.1) is 0 Å². The lowest BCUT2D eigenvalue weighted by Gasteiger charge is -2.43. The Kier molecular flexibility index (Phi) is 8.40. The lowest BCUT2D eigenvalue weighted by atomic mass is 9.75. The second-order valence-corrected chi connectivity index (χ2v) is 13.9. The van der Waals surface area contributed by atoms with Gasteiger partial charge in [0, 0.05) is 30.2 Å². The Balaban J connectivity index is 1.18. The van der Waals surface area contributed by atoms with Gasteiger partial charge in [-0.2, -0.15) is 5.10 Å². The average molecular weight is 586 g/mol. The quantitative estimate of drug-likeness (QED) is 0.260. The highest BCUT2D eigenvalue weighted by molar-refractivity contribution is 7.91. The fraction of sp³-hybridized carbons (Fsp3) is 0.424. The Morgan fingerprint density at radius 3 is 2.33 bits per heavy atom. The summed E-state index contributed by atoms with van der Waals surface area (Å²) < 4.78 is 28.0. The van der Waals surface area contributed by atoms with E-state index in [4.69, 9.17) is 0 Å². The second-order valence-electron chi connectivity index (χ2n) is 11.8. The molecule has 2 aromatic heterocycles. The summed E-state index contributed by atoms with van der Waals surface area (Å²) in [5, 5.41) is 13.5.